The van der Waals surface area contributed by atoms with Crippen LogP contribution in [-0.2, 0) is 6.54 Å². The normalized spacial score (nSPS) is 10.3. The van der Waals surface area contributed by atoms with Crippen molar-refractivity contribution in [3.63, 3.8) is 0 Å². The Bertz CT molecular complexity index is 590. The molecule has 0 aliphatic carbocycles. The molecule has 0 radical (unpaired) electrons. The third-order valence-electron chi connectivity index (χ3n) is 2.71. The molecule has 0 spiro atoms. The third kappa shape index (κ3) is 3.33. The molecule has 3 nitrogen and oxygen atoms in total. The highest BCUT2D eigenvalue weighted by atomic mass is 79.9. The van der Waals surface area contributed by atoms with Crippen molar-refractivity contribution in [2.75, 3.05) is 12.4 Å². The fourth-order valence-corrected chi connectivity index (χ4v) is 2.25. The fourth-order valence-electron chi connectivity index (χ4n) is 1.66. The van der Waals surface area contributed by atoms with Gasteiger partial charge in [-0.2, -0.15) is 0 Å². The fraction of sp³-hybridized carbons (Fsp3) is 0.143. The molecule has 0 saturated carbocycles. The summed E-state index contributed by atoms with van der Waals surface area (Å²) < 4.78 is 5.82. The minimum absolute atomic E-state index is 0.231. The Hall–Kier alpha value is -1.39. The van der Waals surface area contributed by atoms with E-state index in [-0.39, 0.29) is 5.75 Å². The largest absolute Gasteiger partial charge is 0.506 e. The maximum Gasteiger partial charge on any atom is 0.134 e. The number of hydrogen-bond acceptors (Lipinski definition) is 3. The zero-order valence-electron chi connectivity index (χ0n) is 10.3. The van der Waals surface area contributed by atoms with Gasteiger partial charge in [0.15, 0.2) is 0 Å². The zero-order valence-corrected chi connectivity index (χ0v) is 12.6. The van der Waals surface area contributed by atoms with E-state index >= 15 is 0 Å². The van der Waals surface area contributed by atoms with Crippen LogP contribution in [-0.4, -0.2) is 12.2 Å². The van der Waals surface area contributed by atoms with Crippen LogP contribution in [0.2, 0.25) is 5.02 Å². The number of phenolic OH excluding ortho intramolecular Hbond substituents is 1. The Morgan fingerprint density at radius 3 is 2.84 bits per heavy atom. The maximum absolute atomic E-state index is 9.90. The lowest BCUT2D eigenvalue weighted by atomic mass is 10.2. The lowest BCUT2D eigenvalue weighted by molar-refractivity contribution is 0.415. The summed E-state index contributed by atoms with van der Waals surface area (Å²) in [4.78, 5) is 0. The van der Waals surface area contributed by atoms with Crippen LogP contribution in [0.5, 0.6) is 11.5 Å². The average Bonchev–Trinajstić information content (AvgIpc) is 2.42. The molecule has 0 aliphatic rings. The number of benzene rings is 2. The number of aromatic hydroxyl groups is 1. The molecule has 0 amide bonds. The van der Waals surface area contributed by atoms with Gasteiger partial charge in [-0.05, 0) is 34.1 Å². The third-order valence-corrected chi connectivity index (χ3v) is 3.68. The van der Waals surface area contributed by atoms with E-state index in [9.17, 15) is 5.11 Å². The van der Waals surface area contributed by atoms with Gasteiger partial charge in [-0.3, -0.25) is 0 Å². The molecule has 0 unspecified atom stereocenters. The molecule has 0 bridgehead atoms. The summed E-state index contributed by atoms with van der Waals surface area (Å²) in [6.07, 6.45) is 0. The van der Waals surface area contributed by atoms with Gasteiger partial charge in [-0.15, -0.1) is 0 Å². The lowest BCUT2D eigenvalue weighted by Crippen LogP contribution is -2.00. The first-order valence-electron chi connectivity index (χ1n) is 5.65. The molecule has 0 saturated heterocycles. The van der Waals surface area contributed by atoms with E-state index in [2.05, 4.69) is 21.2 Å². The quantitative estimate of drug-likeness (QED) is 0.863. The van der Waals surface area contributed by atoms with Crippen molar-refractivity contribution in [3.8, 4) is 11.5 Å². The molecular weight excluding hydrogens is 330 g/mol. The number of phenols is 1. The van der Waals surface area contributed by atoms with E-state index in [0.29, 0.717) is 16.0 Å². The molecule has 19 heavy (non-hydrogen) atoms. The molecule has 100 valence electrons. The summed E-state index contributed by atoms with van der Waals surface area (Å²) in [6, 6.07) is 10.9. The maximum atomic E-state index is 9.90. The van der Waals surface area contributed by atoms with Crippen molar-refractivity contribution in [3.05, 3.63) is 51.5 Å². The number of ether oxygens (including phenoxy) is 1. The monoisotopic (exact) mass is 341 g/mol. The number of rotatable bonds is 4. The second-order valence-electron chi connectivity index (χ2n) is 3.95. The molecule has 2 rings (SSSR count). The lowest BCUT2D eigenvalue weighted by Gasteiger charge is -2.11. The van der Waals surface area contributed by atoms with Crippen molar-refractivity contribution < 1.29 is 9.84 Å². The predicted molar refractivity (Wildman–Crippen MR) is 81.1 cm³/mol. The highest BCUT2D eigenvalue weighted by Crippen LogP contribution is 2.30. The van der Waals surface area contributed by atoms with Gasteiger partial charge in [0.25, 0.3) is 0 Å². The number of methoxy groups -OCH3 is 1. The summed E-state index contributed by atoms with van der Waals surface area (Å²) in [5.41, 5.74) is 1.55. The van der Waals surface area contributed by atoms with E-state index in [1.165, 1.54) is 0 Å². The van der Waals surface area contributed by atoms with Crippen LogP contribution >= 0.6 is 27.5 Å². The SMILES string of the molecule is COc1ccc(Cl)c(NCc2cccc(Br)c2O)c1. The van der Waals surface area contributed by atoms with Crippen molar-refractivity contribution in [2.24, 2.45) is 0 Å². The molecule has 0 aliphatic heterocycles. The van der Waals surface area contributed by atoms with Crippen LogP contribution in [0.25, 0.3) is 0 Å². The molecule has 0 atom stereocenters. The second-order valence-corrected chi connectivity index (χ2v) is 5.21. The smallest absolute Gasteiger partial charge is 0.134 e. The van der Waals surface area contributed by atoms with E-state index < -0.39 is 0 Å². The van der Waals surface area contributed by atoms with Gasteiger partial charge in [-0.1, -0.05) is 23.7 Å². The van der Waals surface area contributed by atoms with Gasteiger partial charge in [-0.25, -0.2) is 0 Å². The van der Waals surface area contributed by atoms with Crippen LogP contribution < -0.4 is 10.1 Å². The summed E-state index contributed by atoms with van der Waals surface area (Å²) in [5.74, 6) is 0.958. The number of anilines is 1. The van der Waals surface area contributed by atoms with Crippen LogP contribution in [0.15, 0.2) is 40.9 Å². The molecule has 2 N–H and O–H groups in total. The van der Waals surface area contributed by atoms with Crippen LogP contribution in [0.3, 0.4) is 0 Å². The van der Waals surface area contributed by atoms with Crippen LogP contribution in [0.4, 0.5) is 5.69 Å². The van der Waals surface area contributed by atoms with Crippen LogP contribution in [0, 0.1) is 0 Å². The molecule has 0 aromatic heterocycles. The Morgan fingerprint density at radius 1 is 1.32 bits per heavy atom. The minimum atomic E-state index is 0.231. The van der Waals surface area contributed by atoms with Crippen LogP contribution in [0.1, 0.15) is 5.56 Å². The first-order chi connectivity index (χ1) is 9.11. The number of nitrogens with one attached hydrogen (secondary N) is 1. The standard InChI is InChI=1S/C14H13BrClNO2/c1-19-10-5-6-12(16)13(7-10)17-8-9-3-2-4-11(15)14(9)18/h2-7,17-18H,8H2,1H3. The number of para-hydroxylation sites is 1. The molecule has 2 aromatic rings. The van der Waals surface area contributed by atoms with Crippen molar-refractivity contribution in [1.29, 1.82) is 0 Å². The van der Waals surface area contributed by atoms with E-state index in [1.807, 2.05) is 18.2 Å². The minimum Gasteiger partial charge on any atom is -0.506 e. The summed E-state index contributed by atoms with van der Waals surface area (Å²) in [5, 5.41) is 13.7. The highest BCUT2D eigenvalue weighted by molar-refractivity contribution is 9.10. The van der Waals surface area contributed by atoms with Gasteiger partial charge < -0.3 is 15.2 Å². The Kier molecular flexibility index (Phi) is 4.56. The zero-order chi connectivity index (χ0) is 13.8. The van der Waals surface area contributed by atoms with Gasteiger partial charge in [0.1, 0.15) is 11.5 Å². The van der Waals surface area contributed by atoms with Gasteiger partial charge in [0.05, 0.1) is 22.3 Å². The van der Waals surface area contributed by atoms with Gasteiger partial charge >= 0.3 is 0 Å². The Labute approximate surface area is 125 Å². The average molecular weight is 343 g/mol. The summed E-state index contributed by atoms with van der Waals surface area (Å²) in [7, 11) is 1.60. The Balaban J connectivity index is 2.16. The second kappa shape index (κ2) is 6.17. The van der Waals surface area contributed by atoms with E-state index in [0.717, 1.165) is 17.0 Å². The summed E-state index contributed by atoms with van der Waals surface area (Å²) >= 11 is 9.39. The van der Waals surface area contributed by atoms with E-state index in [1.54, 1.807) is 25.3 Å². The first-order valence-corrected chi connectivity index (χ1v) is 6.82. The highest BCUT2D eigenvalue weighted by Gasteiger charge is 2.06. The molecule has 2 aromatic carbocycles. The molecular formula is C14H13BrClNO2. The molecule has 5 heteroatoms. The number of halogens is 2. The van der Waals surface area contributed by atoms with Gasteiger partial charge in [0.2, 0.25) is 0 Å². The van der Waals surface area contributed by atoms with Crippen molar-refractivity contribution >= 4 is 33.2 Å². The van der Waals surface area contributed by atoms with Crippen molar-refractivity contribution in [1.82, 2.24) is 0 Å². The predicted octanol–water partition coefficient (Wildman–Crippen LogP) is 4.43. The Morgan fingerprint density at radius 2 is 2.11 bits per heavy atom. The van der Waals surface area contributed by atoms with Crippen molar-refractivity contribution in [2.45, 2.75) is 6.54 Å². The topological polar surface area (TPSA) is 41.5 Å². The molecule has 0 heterocycles. The van der Waals surface area contributed by atoms with Gasteiger partial charge in [0, 0.05) is 18.2 Å². The van der Waals surface area contributed by atoms with E-state index in [4.69, 9.17) is 16.3 Å². The number of hydrogen-bond donors (Lipinski definition) is 2. The summed E-state index contributed by atoms with van der Waals surface area (Å²) in [6.45, 7) is 0.470. The first kappa shape index (κ1) is 14.0. The molecule has 0 fully saturated rings.